The highest BCUT2D eigenvalue weighted by atomic mass is 35.5. The fourth-order valence-corrected chi connectivity index (χ4v) is 3.05. The van der Waals surface area contributed by atoms with Crippen LogP contribution >= 0.6 is 11.6 Å². The minimum atomic E-state index is -1.32. The SMILES string of the molecule is CCc1cc(-n2ccc(OCc3ccc(Cl)cc3)cc2=O)ccc1OCC(C)(O)CO. The van der Waals surface area contributed by atoms with Crippen molar-refractivity contribution in [3.63, 3.8) is 0 Å². The molecule has 1 atom stereocenters. The van der Waals surface area contributed by atoms with Crippen LogP contribution in [0.15, 0.2) is 65.6 Å². The van der Waals surface area contributed by atoms with Crippen LogP contribution in [0.2, 0.25) is 5.02 Å². The lowest BCUT2D eigenvalue weighted by molar-refractivity contribution is -0.0326. The number of aliphatic hydroxyl groups excluding tert-OH is 1. The molecule has 6 nitrogen and oxygen atoms in total. The standard InChI is InChI=1S/C24H26ClNO5/c1-3-18-12-20(8-9-22(18)31-16-24(2,29)15-27)26-11-10-21(13-23(26)28)30-14-17-4-6-19(25)7-5-17/h4-13,27,29H,3,14-16H2,1-2H3. The van der Waals surface area contributed by atoms with Crippen molar-refractivity contribution < 1.29 is 19.7 Å². The Hall–Kier alpha value is -2.80. The van der Waals surface area contributed by atoms with Gasteiger partial charge in [0.05, 0.1) is 6.61 Å². The van der Waals surface area contributed by atoms with Crippen LogP contribution < -0.4 is 15.0 Å². The van der Waals surface area contributed by atoms with Crippen molar-refractivity contribution in [2.45, 2.75) is 32.5 Å². The van der Waals surface area contributed by atoms with Crippen LogP contribution in [0, 0.1) is 0 Å². The first-order valence-corrected chi connectivity index (χ1v) is 10.4. The number of nitrogens with zero attached hydrogens (tertiary/aromatic N) is 1. The molecule has 0 radical (unpaired) electrons. The van der Waals surface area contributed by atoms with Crippen LogP contribution in [0.25, 0.3) is 5.69 Å². The first kappa shape index (κ1) is 22.9. The highest BCUT2D eigenvalue weighted by Gasteiger charge is 2.20. The predicted octanol–water partition coefficient (Wildman–Crippen LogP) is 3.75. The first-order valence-electron chi connectivity index (χ1n) is 10.0. The molecule has 2 aromatic carbocycles. The van der Waals surface area contributed by atoms with Crippen molar-refractivity contribution in [1.82, 2.24) is 4.57 Å². The zero-order valence-corrected chi connectivity index (χ0v) is 18.3. The molecule has 0 saturated carbocycles. The Kier molecular flexibility index (Phi) is 7.38. The molecule has 3 aromatic rings. The number of benzene rings is 2. The molecule has 2 N–H and O–H groups in total. The van der Waals surface area contributed by atoms with Crippen LogP contribution in [0.3, 0.4) is 0 Å². The van der Waals surface area contributed by atoms with Gasteiger partial charge in [-0.25, -0.2) is 0 Å². The normalized spacial score (nSPS) is 12.9. The summed E-state index contributed by atoms with van der Waals surface area (Å²) in [6.45, 7) is 3.39. The average molecular weight is 444 g/mol. The summed E-state index contributed by atoms with van der Waals surface area (Å²) in [5, 5.41) is 19.8. The summed E-state index contributed by atoms with van der Waals surface area (Å²) in [5.74, 6) is 1.09. The number of aliphatic hydroxyl groups is 2. The van der Waals surface area contributed by atoms with Gasteiger partial charge in [0, 0.05) is 23.0 Å². The summed E-state index contributed by atoms with van der Waals surface area (Å²) in [4.78, 5) is 12.7. The molecule has 3 rings (SSSR count). The molecule has 7 heteroatoms. The van der Waals surface area contributed by atoms with E-state index in [1.165, 1.54) is 17.6 Å². The molecule has 0 fully saturated rings. The summed E-state index contributed by atoms with van der Waals surface area (Å²) in [5.41, 5.74) is 1.01. The molecule has 0 spiro atoms. The third kappa shape index (κ3) is 6.10. The molecule has 1 aromatic heterocycles. The van der Waals surface area contributed by atoms with Gasteiger partial charge in [-0.3, -0.25) is 9.36 Å². The Bertz CT molecular complexity index is 1080. The largest absolute Gasteiger partial charge is 0.490 e. The van der Waals surface area contributed by atoms with Crippen LogP contribution in [-0.2, 0) is 13.0 Å². The number of aromatic nitrogens is 1. The number of hydrogen-bond acceptors (Lipinski definition) is 5. The number of aryl methyl sites for hydroxylation is 1. The minimum absolute atomic E-state index is 0.0323. The Morgan fingerprint density at radius 2 is 1.81 bits per heavy atom. The second-order valence-electron chi connectivity index (χ2n) is 7.58. The smallest absolute Gasteiger partial charge is 0.258 e. The topological polar surface area (TPSA) is 80.9 Å². The maximum absolute atomic E-state index is 12.7. The van der Waals surface area contributed by atoms with Crippen molar-refractivity contribution in [3.8, 4) is 17.2 Å². The van der Waals surface area contributed by atoms with Gasteiger partial charge in [0.1, 0.15) is 30.3 Å². The number of rotatable bonds is 9. The molecule has 0 aliphatic heterocycles. The van der Waals surface area contributed by atoms with Gasteiger partial charge >= 0.3 is 0 Å². The van der Waals surface area contributed by atoms with Gasteiger partial charge in [-0.1, -0.05) is 30.7 Å². The molecule has 0 amide bonds. The Balaban J connectivity index is 1.74. The summed E-state index contributed by atoms with van der Waals surface area (Å²) >= 11 is 5.89. The Morgan fingerprint density at radius 3 is 2.45 bits per heavy atom. The lowest BCUT2D eigenvalue weighted by Gasteiger charge is -2.22. The van der Waals surface area contributed by atoms with Crippen molar-refractivity contribution in [2.75, 3.05) is 13.2 Å². The van der Waals surface area contributed by atoms with Crippen LogP contribution in [-0.4, -0.2) is 33.6 Å². The third-order valence-corrected chi connectivity index (χ3v) is 5.04. The van der Waals surface area contributed by atoms with Crippen molar-refractivity contribution in [3.05, 3.63) is 87.3 Å². The molecule has 164 valence electrons. The third-order valence-electron chi connectivity index (χ3n) is 4.79. The van der Waals surface area contributed by atoms with Gasteiger partial charge in [-0.15, -0.1) is 0 Å². The molecule has 1 heterocycles. The summed E-state index contributed by atoms with van der Waals surface area (Å²) < 4.78 is 12.9. The van der Waals surface area contributed by atoms with Gasteiger partial charge in [0.2, 0.25) is 0 Å². The fraction of sp³-hybridized carbons (Fsp3) is 0.292. The molecule has 0 aliphatic rings. The van der Waals surface area contributed by atoms with Gasteiger partial charge < -0.3 is 19.7 Å². The fourth-order valence-electron chi connectivity index (χ4n) is 2.92. The average Bonchev–Trinajstić information content (AvgIpc) is 2.77. The van der Waals surface area contributed by atoms with E-state index in [0.29, 0.717) is 35.2 Å². The first-order chi connectivity index (χ1) is 14.8. The monoisotopic (exact) mass is 443 g/mol. The quantitative estimate of drug-likeness (QED) is 0.526. The molecule has 0 saturated heterocycles. The highest BCUT2D eigenvalue weighted by Crippen LogP contribution is 2.24. The predicted molar refractivity (Wildman–Crippen MR) is 120 cm³/mol. The zero-order chi connectivity index (χ0) is 22.4. The van der Waals surface area contributed by atoms with Crippen LogP contribution in [0.1, 0.15) is 25.0 Å². The van der Waals surface area contributed by atoms with E-state index in [9.17, 15) is 15.0 Å². The van der Waals surface area contributed by atoms with Crippen LogP contribution in [0.4, 0.5) is 0 Å². The number of halogens is 1. The van der Waals surface area contributed by atoms with E-state index in [2.05, 4.69) is 0 Å². The molecule has 31 heavy (non-hydrogen) atoms. The second kappa shape index (κ2) is 10.0. The second-order valence-corrected chi connectivity index (χ2v) is 8.01. The number of pyridine rings is 1. The number of hydrogen-bond donors (Lipinski definition) is 2. The highest BCUT2D eigenvalue weighted by molar-refractivity contribution is 6.30. The van der Waals surface area contributed by atoms with E-state index in [-0.39, 0.29) is 12.2 Å². The van der Waals surface area contributed by atoms with E-state index in [1.807, 2.05) is 25.1 Å². The van der Waals surface area contributed by atoms with Crippen LogP contribution in [0.5, 0.6) is 11.5 Å². The zero-order valence-electron chi connectivity index (χ0n) is 17.5. The summed E-state index contributed by atoms with van der Waals surface area (Å²) in [7, 11) is 0. The molecular formula is C24H26ClNO5. The lowest BCUT2D eigenvalue weighted by Crippen LogP contribution is -2.36. The van der Waals surface area contributed by atoms with Gasteiger partial charge in [0.15, 0.2) is 0 Å². The van der Waals surface area contributed by atoms with Gasteiger partial charge in [0.25, 0.3) is 5.56 Å². The number of ether oxygens (including phenoxy) is 2. The van der Waals surface area contributed by atoms with Gasteiger partial charge in [-0.2, -0.15) is 0 Å². The molecular weight excluding hydrogens is 418 g/mol. The van der Waals surface area contributed by atoms with E-state index >= 15 is 0 Å². The maximum Gasteiger partial charge on any atom is 0.258 e. The molecule has 1 unspecified atom stereocenters. The summed E-state index contributed by atoms with van der Waals surface area (Å²) in [6, 6.07) is 15.9. The minimum Gasteiger partial charge on any atom is -0.490 e. The molecule has 0 aliphatic carbocycles. The lowest BCUT2D eigenvalue weighted by atomic mass is 10.1. The maximum atomic E-state index is 12.7. The summed E-state index contributed by atoms with van der Waals surface area (Å²) in [6.07, 6.45) is 2.35. The Morgan fingerprint density at radius 1 is 1.06 bits per heavy atom. The molecule has 0 bridgehead atoms. The van der Waals surface area contributed by atoms with E-state index < -0.39 is 12.2 Å². The van der Waals surface area contributed by atoms with E-state index in [1.54, 1.807) is 36.5 Å². The van der Waals surface area contributed by atoms with Crippen molar-refractivity contribution in [1.29, 1.82) is 0 Å². The Labute approximate surface area is 186 Å². The van der Waals surface area contributed by atoms with Crippen molar-refractivity contribution in [2.24, 2.45) is 0 Å². The van der Waals surface area contributed by atoms with E-state index in [4.69, 9.17) is 21.1 Å². The van der Waals surface area contributed by atoms with Gasteiger partial charge in [-0.05, 0) is 60.9 Å². The van der Waals surface area contributed by atoms with E-state index in [0.717, 1.165) is 11.1 Å². The van der Waals surface area contributed by atoms with Crippen molar-refractivity contribution >= 4 is 11.6 Å².